The Balaban J connectivity index is 2.40. The van der Waals surface area contributed by atoms with Crippen LogP contribution in [0.2, 0.25) is 5.02 Å². The molecule has 4 heteroatoms. The number of aromatic carboxylic acids is 1. The van der Waals surface area contributed by atoms with Gasteiger partial charge in [-0.25, -0.2) is 4.79 Å². The zero-order chi connectivity index (χ0) is 13.1. The highest BCUT2D eigenvalue weighted by Gasteiger charge is 2.15. The molecule has 0 radical (unpaired) electrons. The van der Waals surface area contributed by atoms with Gasteiger partial charge in [-0.05, 0) is 31.2 Å². The van der Waals surface area contributed by atoms with Crippen LogP contribution in [0.15, 0.2) is 52.3 Å². The molecule has 0 amide bonds. The predicted molar refractivity (Wildman–Crippen MR) is 73.7 cm³/mol. The van der Waals surface area contributed by atoms with Gasteiger partial charge >= 0.3 is 5.97 Å². The first-order valence-electron chi connectivity index (χ1n) is 5.34. The van der Waals surface area contributed by atoms with Crippen LogP contribution in [-0.4, -0.2) is 11.1 Å². The third-order valence-corrected chi connectivity index (χ3v) is 3.77. The van der Waals surface area contributed by atoms with E-state index in [0.29, 0.717) is 4.90 Å². The van der Waals surface area contributed by atoms with Gasteiger partial charge in [0.05, 0.1) is 10.6 Å². The number of carboxylic acid groups (broad SMARTS) is 1. The van der Waals surface area contributed by atoms with Crippen molar-refractivity contribution in [3.8, 4) is 0 Å². The Morgan fingerprint density at radius 2 is 1.94 bits per heavy atom. The minimum Gasteiger partial charge on any atom is -0.478 e. The first-order chi connectivity index (χ1) is 8.58. The van der Waals surface area contributed by atoms with Gasteiger partial charge in [-0.1, -0.05) is 47.1 Å². The lowest BCUT2D eigenvalue weighted by molar-refractivity contribution is 0.0693. The zero-order valence-electron chi connectivity index (χ0n) is 9.68. The Kier molecular flexibility index (Phi) is 3.94. The van der Waals surface area contributed by atoms with Crippen molar-refractivity contribution in [2.45, 2.75) is 16.7 Å². The molecule has 0 spiro atoms. The molecule has 0 aliphatic carbocycles. The van der Waals surface area contributed by atoms with Crippen molar-refractivity contribution in [3.05, 3.63) is 58.6 Å². The van der Waals surface area contributed by atoms with Crippen LogP contribution in [0, 0.1) is 6.92 Å². The van der Waals surface area contributed by atoms with E-state index in [1.54, 1.807) is 18.2 Å². The van der Waals surface area contributed by atoms with Crippen molar-refractivity contribution in [1.29, 1.82) is 0 Å². The van der Waals surface area contributed by atoms with Gasteiger partial charge in [0.25, 0.3) is 0 Å². The fourth-order valence-electron chi connectivity index (χ4n) is 1.60. The second-order valence-electron chi connectivity index (χ2n) is 3.84. The maximum Gasteiger partial charge on any atom is 0.338 e. The normalized spacial score (nSPS) is 10.3. The number of rotatable bonds is 3. The summed E-state index contributed by atoms with van der Waals surface area (Å²) >= 11 is 7.33. The van der Waals surface area contributed by atoms with Crippen molar-refractivity contribution in [3.63, 3.8) is 0 Å². The Hall–Kier alpha value is -1.45. The second kappa shape index (κ2) is 5.46. The summed E-state index contributed by atoms with van der Waals surface area (Å²) in [5, 5.41) is 9.45. The van der Waals surface area contributed by atoms with Crippen LogP contribution >= 0.6 is 23.4 Å². The molecule has 1 N–H and O–H groups in total. The van der Waals surface area contributed by atoms with E-state index in [2.05, 4.69) is 0 Å². The van der Waals surface area contributed by atoms with Crippen LogP contribution in [-0.2, 0) is 0 Å². The number of carbonyl (C=O) groups is 1. The summed E-state index contributed by atoms with van der Waals surface area (Å²) in [6, 6.07) is 13.0. The molecule has 0 aliphatic heterocycles. The van der Waals surface area contributed by atoms with Crippen LogP contribution in [0.4, 0.5) is 0 Å². The first-order valence-corrected chi connectivity index (χ1v) is 6.53. The van der Waals surface area contributed by atoms with Crippen molar-refractivity contribution < 1.29 is 9.90 Å². The van der Waals surface area contributed by atoms with Gasteiger partial charge in [0, 0.05) is 9.79 Å². The molecule has 2 aromatic carbocycles. The maximum atomic E-state index is 11.2. The maximum absolute atomic E-state index is 11.2. The Labute approximate surface area is 115 Å². The van der Waals surface area contributed by atoms with Gasteiger partial charge in [0.1, 0.15) is 0 Å². The lowest BCUT2D eigenvalue weighted by Gasteiger charge is -2.07. The summed E-state index contributed by atoms with van der Waals surface area (Å²) in [5.41, 5.74) is 1.30. The fraction of sp³-hybridized carbons (Fsp3) is 0.0714. The summed E-state index contributed by atoms with van der Waals surface area (Å²) in [4.78, 5) is 12.9. The molecule has 2 rings (SSSR count). The minimum atomic E-state index is -1.00. The molecule has 0 aromatic heterocycles. The summed E-state index contributed by atoms with van der Waals surface area (Å²) in [6.45, 7) is 2.00. The highest BCUT2D eigenvalue weighted by atomic mass is 35.5. The van der Waals surface area contributed by atoms with E-state index in [0.717, 1.165) is 10.5 Å². The molecular weight excluding hydrogens is 268 g/mol. The predicted octanol–water partition coefficient (Wildman–Crippen LogP) is 4.50. The Morgan fingerprint density at radius 3 is 2.61 bits per heavy atom. The molecule has 18 heavy (non-hydrogen) atoms. The van der Waals surface area contributed by atoms with Gasteiger partial charge in [0.2, 0.25) is 0 Å². The molecule has 92 valence electrons. The summed E-state index contributed by atoms with van der Waals surface area (Å²) in [5.74, 6) is -1.00. The average Bonchev–Trinajstić information content (AvgIpc) is 2.28. The lowest BCUT2D eigenvalue weighted by Crippen LogP contribution is -1.99. The number of carboxylic acids is 1. The van der Waals surface area contributed by atoms with E-state index >= 15 is 0 Å². The van der Waals surface area contributed by atoms with Crippen LogP contribution in [0.1, 0.15) is 15.9 Å². The zero-order valence-corrected chi connectivity index (χ0v) is 11.3. The number of hydrogen-bond acceptors (Lipinski definition) is 2. The van der Waals surface area contributed by atoms with Crippen LogP contribution < -0.4 is 0 Å². The largest absolute Gasteiger partial charge is 0.478 e. The molecule has 0 aliphatic rings. The van der Waals surface area contributed by atoms with Gasteiger partial charge in [0.15, 0.2) is 0 Å². The monoisotopic (exact) mass is 278 g/mol. The topological polar surface area (TPSA) is 37.3 Å². The molecule has 0 atom stereocenters. The number of benzene rings is 2. The fourth-order valence-corrected chi connectivity index (χ4v) is 3.01. The van der Waals surface area contributed by atoms with Crippen LogP contribution in [0.25, 0.3) is 0 Å². The van der Waals surface area contributed by atoms with E-state index in [1.165, 1.54) is 11.8 Å². The number of hydrogen-bond donors (Lipinski definition) is 1. The standard InChI is InChI=1S/C14H11ClO2S/c1-9-4-2-5-10(8-9)18-12-7-3-6-11(15)13(12)14(16)17/h2-8H,1H3,(H,16,17). The molecule has 0 saturated carbocycles. The highest BCUT2D eigenvalue weighted by Crippen LogP contribution is 2.34. The third-order valence-electron chi connectivity index (χ3n) is 2.41. The van der Waals surface area contributed by atoms with Crippen molar-refractivity contribution in [2.24, 2.45) is 0 Å². The molecule has 0 bridgehead atoms. The van der Waals surface area contributed by atoms with E-state index in [1.807, 2.05) is 31.2 Å². The highest BCUT2D eigenvalue weighted by molar-refractivity contribution is 7.99. The van der Waals surface area contributed by atoms with Crippen molar-refractivity contribution >= 4 is 29.3 Å². The molecule has 0 saturated heterocycles. The van der Waals surface area contributed by atoms with Gasteiger partial charge in [-0.3, -0.25) is 0 Å². The SMILES string of the molecule is Cc1cccc(Sc2cccc(Cl)c2C(=O)O)c1. The minimum absolute atomic E-state index is 0.158. The van der Waals surface area contributed by atoms with E-state index in [4.69, 9.17) is 11.6 Å². The third kappa shape index (κ3) is 2.86. The number of aryl methyl sites for hydroxylation is 1. The molecule has 0 fully saturated rings. The first kappa shape index (κ1) is 13.0. The van der Waals surface area contributed by atoms with Crippen molar-refractivity contribution in [2.75, 3.05) is 0 Å². The van der Waals surface area contributed by atoms with Crippen LogP contribution in [0.3, 0.4) is 0 Å². The van der Waals surface area contributed by atoms with Gasteiger partial charge in [-0.15, -0.1) is 0 Å². The number of halogens is 1. The smallest absolute Gasteiger partial charge is 0.338 e. The van der Waals surface area contributed by atoms with Crippen molar-refractivity contribution in [1.82, 2.24) is 0 Å². The molecular formula is C14H11ClO2S. The molecule has 2 nitrogen and oxygen atoms in total. The van der Waals surface area contributed by atoms with Crippen LogP contribution in [0.5, 0.6) is 0 Å². The average molecular weight is 279 g/mol. The van der Waals surface area contributed by atoms with Gasteiger partial charge < -0.3 is 5.11 Å². The van der Waals surface area contributed by atoms with Gasteiger partial charge in [-0.2, -0.15) is 0 Å². The molecule has 0 heterocycles. The Morgan fingerprint density at radius 1 is 1.22 bits per heavy atom. The second-order valence-corrected chi connectivity index (χ2v) is 5.36. The van der Waals surface area contributed by atoms with E-state index in [-0.39, 0.29) is 10.6 Å². The molecule has 2 aromatic rings. The summed E-state index contributed by atoms with van der Waals surface area (Å²) in [6.07, 6.45) is 0. The summed E-state index contributed by atoms with van der Waals surface area (Å²) < 4.78 is 0. The lowest BCUT2D eigenvalue weighted by atomic mass is 10.2. The van der Waals surface area contributed by atoms with E-state index < -0.39 is 5.97 Å². The Bertz CT molecular complexity index is 596. The quantitative estimate of drug-likeness (QED) is 0.898. The molecule has 0 unspecified atom stereocenters. The van der Waals surface area contributed by atoms with E-state index in [9.17, 15) is 9.90 Å². The summed E-state index contributed by atoms with van der Waals surface area (Å²) in [7, 11) is 0.